The number of hydrogen-bond acceptors (Lipinski definition) is 4. The van der Waals surface area contributed by atoms with Crippen molar-refractivity contribution < 1.29 is 0 Å². The Kier molecular flexibility index (Phi) is 3.87. The van der Waals surface area contributed by atoms with Crippen molar-refractivity contribution in [3.05, 3.63) is 15.8 Å². The lowest BCUT2D eigenvalue weighted by atomic mass is 9.85. The Balaban J connectivity index is 2.09. The SMILES string of the molecule is CC(C)(C)[C@H]1CN(c2ccc(I)nn2)CCN1. The predicted octanol–water partition coefficient (Wildman–Crippen LogP) is 1.91. The van der Waals surface area contributed by atoms with Crippen molar-refractivity contribution in [2.45, 2.75) is 26.8 Å². The first-order valence-corrected chi connectivity index (χ1v) is 7.02. The van der Waals surface area contributed by atoms with Gasteiger partial charge in [-0.05, 0) is 40.1 Å². The summed E-state index contributed by atoms with van der Waals surface area (Å²) in [4.78, 5) is 2.31. The lowest BCUT2D eigenvalue weighted by molar-refractivity contribution is 0.253. The Hall–Kier alpha value is -0.430. The molecule has 1 aliphatic heterocycles. The number of anilines is 1. The average molecular weight is 346 g/mol. The average Bonchev–Trinajstić information content (AvgIpc) is 2.29. The summed E-state index contributed by atoms with van der Waals surface area (Å²) in [5.41, 5.74) is 0.273. The van der Waals surface area contributed by atoms with Crippen molar-refractivity contribution in [1.82, 2.24) is 15.5 Å². The monoisotopic (exact) mass is 346 g/mol. The minimum Gasteiger partial charge on any atom is -0.352 e. The smallest absolute Gasteiger partial charge is 0.151 e. The standard InChI is InChI=1S/C12H19IN4/c1-12(2,3)9-8-17(7-6-14-9)11-5-4-10(13)15-16-11/h4-5,9,14H,6-8H2,1-3H3/t9-/m1/s1. The van der Waals surface area contributed by atoms with Gasteiger partial charge in [0.2, 0.25) is 0 Å². The molecule has 17 heavy (non-hydrogen) atoms. The van der Waals surface area contributed by atoms with Crippen molar-refractivity contribution in [1.29, 1.82) is 0 Å². The van der Waals surface area contributed by atoms with Crippen LogP contribution in [0.15, 0.2) is 12.1 Å². The second-order valence-electron chi connectivity index (χ2n) is 5.53. The van der Waals surface area contributed by atoms with Crippen LogP contribution in [0.2, 0.25) is 0 Å². The van der Waals surface area contributed by atoms with E-state index in [-0.39, 0.29) is 5.41 Å². The molecule has 94 valence electrons. The van der Waals surface area contributed by atoms with Gasteiger partial charge in [0.1, 0.15) is 3.70 Å². The molecule has 0 aliphatic carbocycles. The molecule has 2 heterocycles. The van der Waals surface area contributed by atoms with Gasteiger partial charge < -0.3 is 10.2 Å². The van der Waals surface area contributed by atoms with Gasteiger partial charge >= 0.3 is 0 Å². The third-order valence-electron chi connectivity index (χ3n) is 3.16. The molecular weight excluding hydrogens is 327 g/mol. The third kappa shape index (κ3) is 3.28. The van der Waals surface area contributed by atoms with E-state index in [9.17, 15) is 0 Å². The van der Waals surface area contributed by atoms with E-state index < -0.39 is 0 Å². The summed E-state index contributed by atoms with van der Waals surface area (Å²) in [6.45, 7) is 9.82. The summed E-state index contributed by atoms with van der Waals surface area (Å²) >= 11 is 2.18. The van der Waals surface area contributed by atoms with E-state index in [1.165, 1.54) is 0 Å². The third-order valence-corrected chi connectivity index (χ3v) is 3.74. The van der Waals surface area contributed by atoms with E-state index >= 15 is 0 Å². The molecule has 0 spiro atoms. The Bertz CT molecular complexity index is 371. The minimum absolute atomic E-state index is 0.273. The first-order valence-electron chi connectivity index (χ1n) is 5.94. The number of rotatable bonds is 1. The van der Waals surface area contributed by atoms with Gasteiger partial charge in [0.05, 0.1) is 0 Å². The van der Waals surface area contributed by atoms with Gasteiger partial charge in [-0.25, -0.2) is 0 Å². The fraction of sp³-hybridized carbons (Fsp3) is 0.667. The lowest BCUT2D eigenvalue weighted by Gasteiger charge is -2.40. The van der Waals surface area contributed by atoms with Gasteiger partial charge in [0.25, 0.3) is 0 Å². The molecule has 5 heteroatoms. The fourth-order valence-electron chi connectivity index (χ4n) is 2.02. The predicted molar refractivity (Wildman–Crippen MR) is 78.2 cm³/mol. The van der Waals surface area contributed by atoms with E-state index in [4.69, 9.17) is 0 Å². The summed E-state index contributed by atoms with van der Waals surface area (Å²) in [6.07, 6.45) is 0. The molecule has 1 atom stereocenters. The molecule has 0 unspecified atom stereocenters. The zero-order valence-corrected chi connectivity index (χ0v) is 12.7. The zero-order valence-electron chi connectivity index (χ0n) is 10.6. The van der Waals surface area contributed by atoms with Crippen LogP contribution in [0, 0.1) is 9.12 Å². The summed E-state index contributed by atoms with van der Waals surface area (Å²) in [6, 6.07) is 4.56. The van der Waals surface area contributed by atoms with Gasteiger partial charge in [-0.1, -0.05) is 20.8 Å². The minimum atomic E-state index is 0.273. The first-order chi connectivity index (χ1) is 7.97. The van der Waals surface area contributed by atoms with Crippen LogP contribution in [0.25, 0.3) is 0 Å². The van der Waals surface area contributed by atoms with Crippen LogP contribution < -0.4 is 10.2 Å². The van der Waals surface area contributed by atoms with Crippen LogP contribution in [-0.2, 0) is 0 Å². The molecule has 0 bridgehead atoms. The number of nitrogens with one attached hydrogen (secondary N) is 1. The van der Waals surface area contributed by atoms with E-state index in [1.54, 1.807) is 0 Å². The molecule has 1 aromatic rings. The molecule has 1 fully saturated rings. The van der Waals surface area contributed by atoms with Gasteiger partial charge in [0.15, 0.2) is 5.82 Å². The molecule has 4 nitrogen and oxygen atoms in total. The summed E-state index contributed by atoms with van der Waals surface area (Å²) in [5.74, 6) is 0.987. The number of halogens is 1. The lowest BCUT2D eigenvalue weighted by Crippen LogP contribution is -2.56. The van der Waals surface area contributed by atoms with Crippen molar-refractivity contribution in [2.75, 3.05) is 24.5 Å². The Morgan fingerprint density at radius 1 is 1.35 bits per heavy atom. The van der Waals surface area contributed by atoms with Crippen LogP contribution in [0.1, 0.15) is 20.8 Å². The Labute approximate surface area is 116 Å². The summed E-state index contributed by atoms with van der Waals surface area (Å²) < 4.78 is 0.939. The van der Waals surface area contributed by atoms with Gasteiger partial charge in [-0.15, -0.1) is 10.2 Å². The highest BCUT2D eigenvalue weighted by Gasteiger charge is 2.29. The van der Waals surface area contributed by atoms with Crippen molar-refractivity contribution in [3.8, 4) is 0 Å². The maximum absolute atomic E-state index is 4.26. The molecule has 0 aromatic carbocycles. The van der Waals surface area contributed by atoms with Crippen molar-refractivity contribution >= 4 is 28.4 Å². The van der Waals surface area contributed by atoms with Crippen molar-refractivity contribution in [2.24, 2.45) is 5.41 Å². The molecule has 1 aliphatic rings. The van der Waals surface area contributed by atoms with Gasteiger partial charge in [0, 0.05) is 25.7 Å². The summed E-state index contributed by atoms with van der Waals surface area (Å²) in [7, 11) is 0. The molecule has 0 radical (unpaired) electrons. The molecule has 1 N–H and O–H groups in total. The molecule has 1 saturated heterocycles. The highest BCUT2D eigenvalue weighted by molar-refractivity contribution is 14.1. The maximum atomic E-state index is 4.26. The largest absolute Gasteiger partial charge is 0.352 e. The van der Waals surface area contributed by atoms with Gasteiger partial charge in [-0.3, -0.25) is 0 Å². The van der Waals surface area contributed by atoms with Crippen LogP contribution >= 0.6 is 22.6 Å². The van der Waals surface area contributed by atoms with E-state index in [0.717, 1.165) is 29.2 Å². The van der Waals surface area contributed by atoms with Crippen LogP contribution in [0.4, 0.5) is 5.82 Å². The number of hydrogen-bond donors (Lipinski definition) is 1. The second kappa shape index (κ2) is 5.06. The Morgan fingerprint density at radius 2 is 2.12 bits per heavy atom. The van der Waals surface area contributed by atoms with Crippen molar-refractivity contribution in [3.63, 3.8) is 0 Å². The Morgan fingerprint density at radius 3 is 2.71 bits per heavy atom. The topological polar surface area (TPSA) is 41.1 Å². The fourth-order valence-corrected chi connectivity index (χ4v) is 2.30. The summed E-state index contributed by atoms with van der Waals surface area (Å²) in [5, 5.41) is 12.0. The number of aromatic nitrogens is 2. The first kappa shape index (κ1) is 13.0. The molecule has 2 rings (SSSR count). The highest BCUT2D eigenvalue weighted by atomic mass is 127. The highest BCUT2D eigenvalue weighted by Crippen LogP contribution is 2.23. The van der Waals surface area contributed by atoms with Crippen LogP contribution in [0.5, 0.6) is 0 Å². The van der Waals surface area contributed by atoms with E-state index in [1.807, 2.05) is 6.07 Å². The maximum Gasteiger partial charge on any atom is 0.151 e. The van der Waals surface area contributed by atoms with E-state index in [2.05, 4.69) is 69.8 Å². The second-order valence-corrected chi connectivity index (χ2v) is 6.64. The molecule has 1 aromatic heterocycles. The number of nitrogens with zero attached hydrogens (tertiary/aromatic N) is 3. The van der Waals surface area contributed by atoms with E-state index in [0.29, 0.717) is 6.04 Å². The molecular formula is C12H19IN4. The zero-order chi connectivity index (χ0) is 12.5. The quantitative estimate of drug-likeness (QED) is 0.789. The van der Waals surface area contributed by atoms with Crippen LogP contribution in [0.3, 0.4) is 0 Å². The van der Waals surface area contributed by atoms with Gasteiger partial charge in [-0.2, -0.15) is 0 Å². The number of piperazine rings is 1. The molecule has 0 amide bonds. The van der Waals surface area contributed by atoms with Crippen LogP contribution in [-0.4, -0.2) is 35.9 Å². The normalized spacial score (nSPS) is 21.6. The molecule has 0 saturated carbocycles.